The summed E-state index contributed by atoms with van der Waals surface area (Å²) in [6, 6.07) is 3.57. The van der Waals surface area contributed by atoms with Crippen molar-refractivity contribution in [1.82, 2.24) is 4.31 Å². The Balaban J connectivity index is 3.15. The van der Waals surface area contributed by atoms with Crippen molar-refractivity contribution in [3.05, 3.63) is 28.8 Å². The highest BCUT2D eigenvalue weighted by Crippen LogP contribution is 2.23. The summed E-state index contributed by atoms with van der Waals surface area (Å²) in [7, 11) is -2.23. The number of ether oxygens (including phenoxy) is 1. The highest BCUT2D eigenvalue weighted by atomic mass is 35.5. The van der Waals surface area contributed by atoms with Crippen LogP contribution in [0.25, 0.3) is 0 Å². The lowest BCUT2D eigenvalue weighted by Gasteiger charge is -2.20. The van der Waals surface area contributed by atoms with Crippen LogP contribution in [0, 0.1) is 0 Å². The van der Waals surface area contributed by atoms with E-state index in [-0.39, 0.29) is 35.2 Å². The molecule has 0 aliphatic rings. The molecule has 1 N–H and O–H groups in total. The third kappa shape index (κ3) is 3.69. The first-order chi connectivity index (χ1) is 9.34. The summed E-state index contributed by atoms with van der Waals surface area (Å²) in [5, 5.41) is 8.76. The molecule has 6 nitrogen and oxygen atoms in total. The van der Waals surface area contributed by atoms with Crippen LogP contribution in [0.3, 0.4) is 0 Å². The van der Waals surface area contributed by atoms with Gasteiger partial charge in [-0.1, -0.05) is 18.5 Å². The molecule has 0 fully saturated rings. The van der Waals surface area contributed by atoms with E-state index >= 15 is 0 Å². The fourth-order valence-electron chi connectivity index (χ4n) is 1.62. The fraction of sp³-hybridized carbons (Fsp3) is 0.417. The lowest BCUT2D eigenvalue weighted by molar-refractivity contribution is 0.0697. The van der Waals surface area contributed by atoms with E-state index in [0.29, 0.717) is 0 Å². The third-order valence-electron chi connectivity index (χ3n) is 2.71. The third-order valence-corrected chi connectivity index (χ3v) is 4.99. The molecule has 20 heavy (non-hydrogen) atoms. The molecular formula is C12H16ClNO5S. The Morgan fingerprint density at radius 1 is 1.45 bits per heavy atom. The van der Waals surface area contributed by atoms with Crippen molar-refractivity contribution in [3.8, 4) is 0 Å². The van der Waals surface area contributed by atoms with Crippen molar-refractivity contribution in [1.29, 1.82) is 0 Å². The summed E-state index contributed by atoms with van der Waals surface area (Å²) in [5.74, 6) is -1.20. The van der Waals surface area contributed by atoms with Crippen LogP contribution in [0.2, 0.25) is 5.02 Å². The molecule has 1 aromatic carbocycles. The molecular weight excluding hydrogens is 306 g/mol. The maximum Gasteiger partial charge on any atom is 0.337 e. The zero-order valence-electron chi connectivity index (χ0n) is 11.2. The molecule has 0 bridgehead atoms. The van der Waals surface area contributed by atoms with Gasteiger partial charge in [-0.25, -0.2) is 13.2 Å². The predicted octanol–water partition coefficient (Wildman–Crippen LogP) is 1.70. The lowest BCUT2D eigenvalue weighted by Crippen LogP contribution is -2.33. The number of rotatable bonds is 7. The lowest BCUT2D eigenvalue weighted by atomic mass is 10.2. The van der Waals surface area contributed by atoms with Gasteiger partial charge in [-0.15, -0.1) is 0 Å². The smallest absolute Gasteiger partial charge is 0.337 e. The fourth-order valence-corrected chi connectivity index (χ4v) is 3.41. The summed E-state index contributed by atoms with van der Waals surface area (Å²) in [6.07, 6.45) is 0. The summed E-state index contributed by atoms with van der Waals surface area (Å²) >= 11 is 5.79. The van der Waals surface area contributed by atoms with Crippen molar-refractivity contribution in [2.75, 3.05) is 26.8 Å². The molecule has 0 saturated heterocycles. The minimum atomic E-state index is -3.71. The minimum Gasteiger partial charge on any atom is -0.478 e. The number of halogens is 1. The Hall–Kier alpha value is -1.15. The molecule has 1 aromatic rings. The molecule has 0 aliphatic carbocycles. The number of methoxy groups -OCH3 is 1. The largest absolute Gasteiger partial charge is 0.478 e. The second kappa shape index (κ2) is 7.03. The van der Waals surface area contributed by atoms with E-state index in [0.717, 1.165) is 6.07 Å². The number of benzene rings is 1. The number of carboxylic acid groups (broad SMARTS) is 1. The number of likely N-dealkylation sites (N-methyl/N-ethyl adjacent to an activating group) is 1. The number of nitrogens with zero attached hydrogens (tertiary/aromatic N) is 1. The maximum atomic E-state index is 12.4. The van der Waals surface area contributed by atoms with E-state index in [1.165, 1.54) is 23.5 Å². The highest BCUT2D eigenvalue weighted by molar-refractivity contribution is 7.89. The van der Waals surface area contributed by atoms with E-state index in [4.69, 9.17) is 21.4 Å². The van der Waals surface area contributed by atoms with Crippen molar-refractivity contribution in [2.45, 2.75) is 11.8 Å². The Labute approximate surface area is 123 Å². The molecule has 1 rings (SSSR count). The zero-order valence-corrected chi connectivity index (χ0v) is 12.7. The molecule has 0 saturated carbocycles. The molecule has 0 unspecified atom stereocenters. The van der Waals surface area contributed by atoms with Gasteiger partial charge in [0.15, 0.2) is 0 Å². The number of carbonyl (C=O) groups is 1. The van der Waals surface area contributed by atoms with E-state index in [2.05, 4.69) is 0 Å². The van der Waals surface area contributed by atoms with Crippen molar-refractivity contribution < 1.29 is 23.1 Å². The Morgan fingerprint density at radius 2 is 2.10 bits per heavy atom. The minimum absolute atomic E-state index is 0.0366. The summed E-state index contributed by atoms with van der Waals surface area (Å²) < 4.78 is 30.8. The highest BCUT2D eigenvalue weighted by Gasteiger charge is 2.24. The predicted molar refractivity (Wildman–Crippen MR) is 74.7 cm³/mol. The van der Waals surface area contributed by atoms with Crippen LogP contribution in [0.5, 0.6) is 0 Å². The zero-order chi connectivity index (χ0) is 15.3. The van der Waals surface area contributed by atoms with Gasteiger partial charge in [0.2, 0.25) is 10.0 Å². The topological polar surface area (TPSA) is 83.9 Å². The van der Waals surface area contributed by atoms with Crippen molar-refractivity contribution in [2.24, 2.45) is 0 Å². The maximum absolute atomic E-state index is 12.4. The molecule has 0 atom stereocenters. The van der Waals surface area contributed by atoms with E-state index in [1.54, 1.807) is 6.92 Å². The average molecular weight is 322 g/mol. The van der Waals surface area contributed by atoms with E-state index in [1.807, 2.05) is 0 Å². The van der Waals surface area contributed by atoms with E-state index in [9.17, 15) is 13.2 Å². The molecule has 0 aliphatic heterocycles. The normalized spacial score (nSPS) is 11.8. The summed E-state index contributed by atoms with van der Waals surface area (Å²) in [6.45, 7) is 2.48. The summed E-state index contributed by atoms with van der Waals surface area (Å²) in [4.78, 5) is 10.8. The van der Waals surface area contributed by atoms with E-state index < -0.39 is 16.0 Å². The van der Waals surface area contributed by atoms with Gasteiger partial charge in [-0.05, 0) is 18.2 Å². The number of carboxylic acids is 1. The van der Waals surface area contributed by atoms with Gasteiger partial charge in [0.05, 0.1) is 22.1 Å². The Morgan fingerprint density at radius 3 is 2.55 bits per heavy atom. The molecule has 0 radical (unpaired) electrons. The van der Waals surface area contributed by atoms with Crippen molar-refractivity contribution >= 4 is 27.6 Å². The van der Waals surface area contributed by atoms with Gasteiger partial charge < -0.3 is 9.84 Å². The standard InChI is InChI=1S/C12H16ClNO5S/c1-3-14(6-7-19-2)20(17,18)9-4-5-10(12(15)16)11(13)8-9/h4-5,8H,3,6-7H2,1-2H3,(H,15,16). The van der Waals surface area contributed by atoms with Crippen molar-refractivity contribution in [3.63, 3.8) is 0 Å². The van der Waals surface area contributed by atoms with Crippen LogP contribution in [-0.2, 0) is 14.8 Å². The van der Waals surface area contributed by atoms with Crippen LogP contribution >= 0.6 is 11.6 Å². The second-order valence-electron chi connectivity index (χ2n) is 3.94. The average Bonchev–Trinajstić information content (AvgIpc) is 2.38. The molecule has 0 heterocycles. The Kier molecular flexibility index (Phi) is 5.94. The van der Waals surface area contributed by atoms with Crippen LogP contribution in [0.4, 0.5) is 0 Å². The first-order valence-electron chi connectivity index (χ1n) is 5.86. The molecule has 0 spiro atoms. The monoisotopic (exact) mass is 321 g/mol. The molecule has 8 heteroatoms. The number of hydrogen-bond acceptors (Lipinski definition) is 4. The molecule has 0 amide bonds. The SMILES string of the molecule is CCN(CCOC)S(=O)(=O)c1ccc(C(=O)O)c(Cl)c1. The van der Waals surface area contributed by atoms with Crippen LogP contribution < -0.4 is 0 Å². The summed E-state index contributed by atoms with van der Waals surface area (Å²) in [5.41, 5.74) is -0.134. The van der Waals surface area contributed by atoms with Crippen LogP contribution in [0.15, 0.2) is 23.1 Å². The van der Waals surface area contributed by atoms with Gasteiger partial charge in [-0.2, -0.15) is 4.31 Å². The first-order valence-corrected chi connectivity index (χ1v) is 7.68. The number of aromatic carboxylic acids is 1. The molecule has 112 valence electrons. The first kappa shape index (κ1) is 16.9. The number of hydrogen-bond donors (Lipinski definition) is 1. The van der Waals surface area contributed by atoms with Gasteiger partial charge in [-0.3, -0.25) is 0 Å². The van der Waals surface area contributed by atoms with Crippen LogP contribution in [-0.4, -0.2) is 50.6 Å². The van der Waals surface area contributed by atoms with Gasteiger partial charge >= 0.3 is 5.97 Å². The van der Waals surface area contributed by atoms with Crippen LogP contribution in [0.1, 0.15) is 17.3 Å². The molecule has 0 aromatic heterocycles. The quantitative estimate of drug-likeness (QED) is 0.826. The van der Waals surface area contributed by atoms with Gasteiger partial charge in [0, 0.05) is 20.2 Å². The second-order valence-corrected chi connectivity index (χ2v) is 6.28. The Bertz CT molecular complexity index is 588. The van der Waals surface area contributed by atoms with Gasteiger partial charge in [0.1, 0.15) is 0 Å². The van der Waals surface area contributed by atoms with Gasteiger partial charge in [0.25, 0.3) is 0 Å². The number of sulfonamides is 1.